The summed E-state index contributed by atoms with van der Waals surface area (Å²) in [6.07, 6.45) is 0. The molecule has 0 bridgehead atoms. The van der Waals surface area contributed by atoms with Crippen molar-refractivity contribution >= 4 is 10.8 Å². The Labute approximate surface area is 97.3 Å². The molecule has 1 nitrogen and oxygen atoms in total. The van der Waals surface area contributed by atoms with Gasteiger partial charge in [0, 0.05) is 12.0 Å². The van der Waals surface area contributed by atoms with Crippen molar-refractivity contribution in [2.45, 2.75) is 26.2 Å². The van der Waals surface area contributed by atoms with Crippen LogP contribution in [0.5, 0.6) is 0 Å². The van der Waals surface area contributed by atoms with Gasteiger partial charge >= 0.3 is 0 Å². The van der Waals surface area contributed by atoms with Gasteiger partial charge in [-0.25, -0.2) is 0 Å². The van der Waals surface area contributed by atoms with Crippen LogP contribution in [0.4, 0.5) is 0 Å². The minimum absolute atomic E-state index is 0.0546. The topological polar surface area (TPSA) is 26.0 Å². The predicted octanol–water partition coefficient (Wildman–Crippen LogP) is 3.38. The molecular weight excluding hydrogens is 194 g/mol. The third-order valence-corrected chi connectivity index (χ3v) is 3.29. The lowest BCUT2D eigenvalue weighted by atomic mass is 9.84. The first-order valence-corrected chi connectivity index (χ1v) is 5.74. The Morgan fingerprint density at radius 3 is 2.31 bits per heavy atom. The molecule has 0 aliphatic heterocycles. The third-order valence-electron chi connectivity index (χ3n) is 3.29. The first-order valence-electron chi connectivity index (χ1n) is 5.74. The molecule has 2 aromatic rings. The quantitative estimate of drug-likeness (QED) is 0.813. The van der Waals surface area contributed by atoms with Gasteiger partial charge in [-0.1, -0.05) is 55.8 Å². The summed E-state index contributed by atoms with van der Waals surface area (Å²) in [6.45, 7) is 7.16. The highest BCUT2D eigenvalue weighted by atomic mass is 14.6. The number of aryl methyl sites for hydroxylation is 1. The SMILES string of the molecule is Cc1ccc2cc(C(C)(C)CN)ccc2c1. The number of nitrogens with two attached hydrogens (primary N) is 1. The zero-order valence-electron chi connectivity index (χ0n) is 10.2. The van der Waals surface area contributed by atoms with Gasteiger partial charge < -0.3 is 5.73 Å². The van der Waals surface area contributed by atoms with E-state index in [0.717, 1.165) is 0 Å². The summed E-state index contributed by atoms with van der Waals surface area (Å²) >= 11 is 0. The fraction of sp³-hybridized carbons (Fsp3) is 0.333. The highest BCUT2D eigenvalue weighted by Gasteiger charge is 2.18. The van der Waals surface area contributed by atoms with Crippen LogP contribution in [0.2, 0.25) is 0 Å². The maximum atomic E-state index is 5.81. The van der Waals surface area contributed by atoms with Crippen molar-refractivity contribution in [3.8, 4) is 0 Å². The molecule has 0 saturated carbocycles. The average Bonchev–Trinajstić information content (AvgIpc) is 2.28. The second-order valence-corrected chi connectivity index (χ2v) is 5.15. The monoisotopic (exact) mass is 213 g/mol. The number of hydrogen-bond donors (Lipinski definition) is 1. The maximum Gasteiger partial charge on any atom is 0.00193 e. The largest absolute Gasteiger partial charge is 0.330 e. The summed E-state index contributed by atoms with van der Waals surface area (Å²) in [5, 5.41) is 2.60. The molecule has 84 valence electrons. The molecule has 1 heteroatoms. The highest BCUT2D eigenvalue weighted by molar-refractivity contribution is 5.84. The minimum Gasteiger partial charge on any atom is -0.330 e. The molecule has 16 heavy (non-hydrogen) atoms. The molecular formula is C15H19N. The van der Waals surface area contributed by atoms with Crippen molar-refractivity contribution in [1.82, 2.24) is 0 Å². The van der Waals surface area contributed by atoms with Crippen LogP contribution in [0.25, 0.3) is 10.8 Å². The van der Waals surface area contributed by atoms with E-state index in [1.54, 1.807) is 0 Å². The van der Waals surface area contributed by atoms with E-state index in [2.05, 4.69) is 57.2 Å². The number of benzene rings is 2. The minimum atomic E-state index is 0.0546. The van der Waals surface area contributed by atoms with Crippen LogP contribution in [0.15, 0.2) is 36.4 Å². The molecule has 0 amide bonds. The van der Waals surface area contributed by atoms with Crippen molar-refractivity contribution in [3.63, 3.8) is 0 Å². The molecule has 0 aliphatic rings. The van der Waals surface area contributed by atoms with E-state index in [-0.39, 0.29) is 5.41 Å². The van der Waals surface area contributed by atoms with Crippen molar-refractivity contribution < 1.29 is 0 Å². The van der Waals surface area contributed by atoms with Gasteiger partial charge in [-0.2, -0.15) is 0 Å². The van der Waals surface area contributed by atoms with Gasteiger partial charge in [-0.05, 0) is 23.3 Å². The Morgan fingerprint density at radius 1 is 1.00 bits per heavy atom. The number of rotatable bonds is 2. The highest BCUT2D eigenvalue weighted by Crippen LogP contribution is 2.26. The maximum absolute atomic E-state index is 5.81. The van der Waals surface area contributed by atoms with E-state index in [1.165, 1.54) is 21.9 Å². The van der Waals surface area contributed by atoms with Crippen molar-refractivity contribution in [2.75, 3.05) is 6.54 Å². The van der Waals surface area contributed by atoms with Gasteiger partial charge in [0.2, 0.25) is 0 Å². The molecule has 0 radical (unpaired) electrons. The molecule has 0 unspecified atom stereocenters. The lowest BCUT2D eigenvalue weighted by molar-refractivity contribution is 0.540. The summed E-state index contributed by atoms with van der Waals surface area (Å²) in [5.41, 5.74) is 8.48. The summed E-state index contributed by atoms with van der Waals surface area (Å²) in [5.74, 6) is 0. The number of hydrogen-bond acceptors (Lipinski definition) is 1. The fourth-order valence-corrected chi connectivity index (χ4v) is 1.90. The molecule has 0 atom stereocenters. The average molecular weight is 213 g/mol. The van der Waals surface area contributed by atoms with Crippen LogP contribution in [0.3, 0.4) is 0 Å². The Bertz CT molecular complexity index is 512. The van der Waals surface area contributed by atoms with Gasteiger partial charge in [0.15, 0.2) is 0 Å². The molecule has 0 heterocycles. The molecule has 0 fully saturated rings. The second kappa shape index (κ2) is 3.91. The van der Waals surface area contributed by atoms with Crippen LogP contribution in [-0.4, -0.2) is 6.54 Å². The van der Waals surface area contributed by atoms with Gasteiger partial charge in [-0.3, -0.25) is 0 Å². The van der Waals surface area contributed by atoms with Crippen LogP contribution in [0.1, 0.15) is 25.0 Å². The number of fused-ring (bicyclic) bond motifs is 1. The lowest BCUT2D eigenvalue weighted by Crippen LogP contribution is -2.27. The summed E-state index contributed by atoms with van der Waals surface area (Å²) in [7, 11) is 0. The summed E-state index contributed by atoms with van der Waals surface area (Å²) in [4.78, 5) is 0. The van der Waals surface area contributed by atoms with E-state index >= 15 is 0 Å². The zero-order valence-corrected chi connectivity index (χ0v) is 10.2. The van der Waals surface area contributed by atoms with Gasteiger partial charge in [0.1, 0.15) is 0 Å². The Kier molecular flexibility index (Phi) is 2.73. The van der Waals surface area contributed by atoms with Crippen LogP contribution in [-0.2, 0) is 5.41 Å². The Morgan fingerprint density at radius 2 is 1.62 bits per heavy atom. The normalized spacial score (nSPS) is 12.0. The fourth-order valence-electron chi connectivity index (χ4n) is 1.90. The third kappa shape index (κ3) is 1.96. The van der Waals surface area contributed by atoms with Crippen LogP contribution >= 0.6 is 0 Å². The zero-order chi connectivity index (χ0) is 11.8. The predicted molar refractivity (Wildman–Crippen MR) is 70.8 cm³/mol. The van der Waals surface area contributed by atoms with E-state index < -0.39 is 0 Å². The smallest absolute Gasteiger partial charge is 0.00193 e. The van der Waals surface area contributed by atoms with Crippen molar-refractivity contribution in [2.24, 2.45) is 5.73 Å². The standard InChI is InChI=1S/C15H19N/c1-11-4-5-13-9-14(15(2,3)10-16)7-6-12(13)8-11/h4-9H,10,16H2,1-3H3. The van der Waals surface area contributed by atoms with E-state index in [4.69, 9.17) is 5.73 Å². The first-order chi connectivity index (χ1) is 7.53. The van der Waals surface area contributed by atoms with Crippen molar-refractivity contribution in [3.05, 3.63) is 47.5 Å². The Balaban J connectivity index is 2.57. The van der Waals surface area contributed by atoms with Crippen molar-refractivity contribution in [1.29, 1.82) is 0 Å². The van der Waals surface area contributed by atoms with Crippen LogP contribution in [0, 0.1) is 6.92 Å². The molecule has 0 aromatic heterocycles. The van der Waals surface area contributed by atoms with Crippen LogP contribution < -0.4 is 5.73 Å². The van der Waals surface area contributed by atoms with E-state index in [0.29, 0.717) is 6.54 Å². The summed E-state index contributed by atoms with van der Waals surface area (Å²) in [6, 6.07) is 13.2. The molecule has 0 saturated heterocycles. The molecule has 2 N–H and O–H groups in total. The van der Waals surface area contributed by atoms with E-state index in [9.17, 15) is 0 Å². The molecule has 0 aliphatic carbocycles. The molecule has 0 spiro atoms. The summed E-state index contributed by atoms with van der Waals surface area (Å²) < 4.78 is 0. The van der Waals surface area contributed by atoms with Gasteiger partial charge in [0.25, 0.3) is 0 Å². The first kappa shape index (κ1) is 11.2. The van der Waals surface area contributed by atoms with E-state index in [1.807, 2.05) is 0 Å². The molecule has 2 rings (SSSR count). The lowest BCUT2D eigenvalue weighted by Gasteiger charge is -2.23. The second-order valence-electron chi connectivity index (χ2n) is 5.15. The molecule has 2 aromatic carbocycles. The Hall–Kier alpha value is -1.34. The van der Waals surface area contributed by atoms with Gasteiger partial charge in [0.05, 0.1) is 0 Å². The van der Waals surface area contributed by atoms with Gasteiger partial charge in [-0.15, -0.1) is 0 Å².